The van der Waals surface area contributed by atoms with E-state index in [1.807, 2.05) is 0 Å². The van der Waals surface area contributed by atoms with Crippen molar-refractivity contribution >= 4 is 30.0 Å². The van der Waals surface area contributed by atoms with Gasteiger partial charge < -0.3 is 57.8 Å². The van der Waals surface area contributed by atoms with E-state index in [9.17, 15) is 34.2 Å². The molecule has 3 heterocycles. The first kappa shape index (κ1) is 48.3. The zero-order valence-electron chi connectivity index (χ0n) is 35.1. The number of carbonyl (C=O) groups excluding carboxylic acids is 5. The fraction of sp³-hybridized carbons (Fsp3) is 0.780. The lowest BCUT2D eigenvalue weighted by Gasteiger charge is -2.50. The van der Waals surface area contributed by atoms with Crippen LogP contribution in [0.2, 0.25) is 0 Å². The molecule has 15 atom stereocenters. The molecular formula is C41H65NO15. The van der Waals surface area contributed by atoms with Crippen molar-refractivity contribution in [2.75, 3.05) is 21.2 Å². The van der Waals surface area contributed by atoms with Gasteiger partial charge in [-0.15, -0.1) is 0 Å². The summed E-state index contributed by atoms with van der Waals surface area (Å²) >= 11 is 0. The van der Waals surface area contributed by atoms with Crippen LogP contribution in [0.15, 0.2) is 24.3 Å². The molecule has 0 aromatic carbocycles. The van der Waals surface area contributed by atoms with Gasteiger partial charge in [0.15, 0.2) is 24.5 Å². The third-order valence-corrected chi connectivity index (χ3v) is 10.7. The second-order valence-corrected chi connectivity index (χ2v) is 15.8. The Bertz CT molecular complexity index is 1400. The Hall–Kier alpha value is -3.09. The zero-order valence-corrected chi connectivity index (χ0v) is 35.1. The van der Waals surface area contributed by atoms with Gasteiger partial charge in [-0.25, -0.2) is 0 Å². The van der Waals surface area contributed by atoms with Gasteiger partial charge in [0, 0.05) is 45.1 Å². The van der Waals surface area contributed by atoms with Crippen LogP contribution in [0.5, 0.6) is 0 Å². The fourth-order valence-corrected chi connectivity index (χ4v) is 7.72. The molecule has 0 unspecified atom stereocenters. The molecule has 0 bridgehead atoms. The fourth-order valence-electron chi connectivity index (χ4n) is 7.72. The number of rotatable bonds is 12. The molecule has 0 amide bonds. The average Bonchev–Trinajstić information content (AvgIpc) is 3.13. The second kappa shape index (κ2) is 22.3. The Kier molecular flexibility index (Phi) is 18.9. The van der Waals surface area contributed by atoms with Crippen molar-refractivity contribution in [2.24, 2.45) is 11.8 Å². The van der Waals surface area contributed by atoms with Crippen LogP contribution in [0.1, 0.15) is 93.4 Å². The van der Waals surface area contributed by atoms with E-state index in [4.69, 9.17) is 37.9 Å². The average molecular weight is 812 g/mol. The summed E-state index contributed by atoms with van der Waals surface area (Å²) in [5.74, 6) is -3.31. The predicted octanol–water partition coefficient (Wildman–Crippen LogP) is 2.98. The summed E-state index contributed by atoms with van der Waals surface area (Å²) in [5, 5.41) is 23.4. The highest BCUT2D eigenvalue weighted by atomic mass is 16.7. The predicted molar refractivity (Wildman–Crippen MR) is 204 cm³/mol. The van der Waals surface area contributed by atoms with Gasteiger partial charge in [0.25, 0.3) is 0 Å². The number of ketones is 1. The molecule has 2 saturated heterocycles. The van der Waals surface area contributed by atoms with Crippen LogP contribution in [0, 0.1) is 11.8 Å². The molecule has 3 rings (SSSR count). The molecule has 324 valence electrons. The smallest absolute Gasteiger partial charge is 0.309 e. The number of hydrogen-bond donors (Lipinski definition) is 2. The summed E-state index contributed by atoms with van der Waals surface area (Å²) in [5.41, 5.74) is -1.50. The minimum absolute atomic E-state index is 0.0122. The minimum atomic E-state index is -1.50. The van der Waals surface area contributed by atoms with Crippen molar-refractivity contribution in [1.29, 1.82) is 0 Å². The first-order valence-corrected chi connectivity index (χ1v) is 20.0. The van der Waals surface area contributed by atoms with Crippen molar-refractivity contribution in [3.63, 3.8) is 0 Å². The maximum absolute atomic E-state index is 13.3. The van der Waals surface area contributed by atoms with Crippen LogP contribution in [-0.4, -0.2) is 145 Å². The molecule has 2 fully saturated rings. The number of aliphatic hydroxyl groups is 2. The molecule has 0 aliphatic carbocycles. The van der Waals surface area contributed by atoms with Crippen molar-refractivity contribution < 1.29 is 72.1 Å². The molecular weight excluding hydrogens is 746 g/mol. The summed E-state index contributed by atoms with van der Waals surface area (Å²) in [4.78, 5) is 65.5. The molecule has 3 aliphatic heterocycles. The van der Waals surface area contributed by atoms with E-state index < -0.39 is 115 Å². The van der Waals surface area contributed by atoms with Crippen molar-refractivity contribution in [3.8, 4) is 0 Å². The normalized spacial score (nSPS) is 39.8. The highest BCUT2D eigenvalue weighted by molar-refractivity contribution is 5.91. The molecule has 0 spiro atoms. The molecule has 0 aromatic rings. The largest absolute Gasteiger partial charge is 0.462 e. The van der Waals surface area contributed by atoms with Crippen LogP contribution in [0.4, 0.5) is 0 Å². The van der Waals surface area contributed by atoms with Crippen molar-refractivity contribution in [1.82, 2.24) is 4.90 Å². The van der Waals surface area contributed by atoms with Gasteiger partial charge in [0.1, 0.15) is 42.4 Å². The number of nitrogens with zero attached hydrogens (tertiary/aromatic N) is 1. The van der Waals surface area contributed by atoms with E-state index in [1.165, 1.54) is 13.2 Å². The van der Waals surface area contributed by atoms with Gasteiger partial charge in [-0.1, -0.05) is 39.0 Å². The molecule has 57 heavy (non-hydrogen) atoms. The van der Waals surface area contributed by atoms with Gasteiger partial charge in [0.05, 0.1) is 30.8 Å². The third-order valence-electron chi connectivity index (χ3n) is 10.7. The lowest BCUT2D eigenvalue weighted by atomic mass is 9.83. The SMILES string of the molecule is CCC(=O)O[C@@H]1CC(=O)O[C@H](C)C/C=C\C=C/C(=O)[C@H](C)C[C@H](CC=O)[C@H](O[C@@H]2O[C@H](C)[C@@H](O[C@H]3C[C@@](C)(O)[C@@H](OC(=O)CC)[C@H](C)O3)[C@H](N(C)C)[C@H]2O)[C@H]1OC. The number of hydrogen-bond acceptors (Lipinski definition) is 16. The summed E-state index contributed by atoms with van der Waals surface area (Å²) in [7, 11) is 4.83. The van der Waals surface area contributed by atoms with E-state index >= 15 is 0 Å². The number of ether oxygens (including phenoxy) is 8. The first-order valence-electron chi connectivity index (χ1n) is 20.0. The van der Waals surface area contributed by atoms with Gasteiger partial charge >= 0.3 is 17.9 Å². The number of cyclic esters (lactones) is 1. The Morgan fingerprint density at radius 1 is 0.965 bits per heavy atom. The summed E-state index contributed by atoms with van der Waals surface area (Å²) < 4.78 is 48.4. The van der Waals surface area contributed by atoms with Crippen LogP contribution in [-0.2, 0) is 61.9 Å². The quantitative estimate of drug-likeness (QED) is 0.165. The van der Waals surface area contributed by atoms with Crippen molar-refractivity contribution in [3.05, 3.63) is 24.3 Å². The van der Waals surface area contributed by atoms with E-state index in [2.05, 4.69) is 0 Å². The van der Waals surface area contributed by atoms with E-state index in [1.54, 1.807) is 85.7 Å². The molecule has 2 N–H and O–H groups in total. The minimum Gasteiger partial charge on any atom is -0.462 e. The number of carbonyl (C=O) groups is 5. The van der Waals surface area contributed by atoms with E-state index in [0.29, 0.717) is 12.7 Å². The third kappa shape index (κ3) is 13.5. The lowest BCUT2D eigenvalue weighted by molar-refractivity contribution is -0.344. The molecule has 0 aromatic heterocycles. The number of methoxy groups -OCH3 is 1. The molecule has 16 heteroatoms. The maximum Gasteiger partial charge on any atom is 0.309 e. The molecule has 16 nitrogen and oxygen atoms in total. The van der Waals surface area contributed by atoms with E-state index in [0.717, 1.165) is 0 Å². The van der Waals surface area contributed by atoms with Gasteiger partial charge in [-0.3, -0.25) is 19.2 Å². The van der Waals surface area contributed by atoms with Gasteiger partial charge in [0.2, 0.25) is 0 Å². The lowest BCUT2D eigenvalue weighted by Crippen LogP contribution is -2.66. The maximum atomic E-state index is 13.3. The number of aldehydes is 1. The molecule has 0 radical (unpaired) electrons. The Balaban J connectivity index is 2.02. The Morgan fingerprint density at radius 2 is 1.63 bits per heavy atom. The molecule has 3 aliphatic rings. The topological polar surface area (TPSA) is 203 Å². The Morgan fingerprint density at radius 3 is 2.23 bits per heavy atom. The monoisotopic (exact) mass is 811 g/mol. The zero-order chi connectivity index (χ0) is 42.6. The standard InChI is InChI=1S/C41H65NO15/c1-11-30(45)54-29-21-32(47)51-24(4)16-14-13-15-17-28(44)23(3)20-27(18-19-43)37(38(29)50-10)57-40-35(48)34(42(8)9)36(25(5)53-40)56-33-22-41(7,49)39(26(6)52-33)55-31(46)12-2/h13-15,17,19,23-27,29,33-40,48-49H,11-12,16,18,20-22H2,1-10H3/b14-13-,17-15-/t23-,24-,25-,26+,27+,29-,33+,34-,35-,36-,37+,38+,39+,40+,41-/m1/s1. The Labute approximate surface area is 336 Å². The highest BCUT2D eigenvalue weighted by Gasteiger charge is 2.53. The first-order chi connectivity index (χ1) is 26.9. The van der Waals surface area contributed by atoms with E-state index in [-0.39, 0.29) is 37.9 Å². The van der Waals surface area contributed by atoms with Crippen LogP contribution in [0.25, 0.3) is 0 Å². The van der Waals surface area contributed by atoms with Crippen LogP contribution < -0.4 is 0 Å². The number of likely N-dealkylation sites (N-methyl/N-ethyl adjacent to an activating group) is 1. The second-order valence-electron chi connectivity index (χ2n) is 15.8. The van der Waals surface area contributed by atoms with Gasteiger partial charge in [-0.05, 0) is 60.2 Å². The summed E-state index contributed by atoms with van der Waals surface area (Å²) in [6.07, 6.45) is -4.01. The summed E-state index contributed by atoms with van der Waals surface area (Å²) in [6.45, 7) is 11.6. The molecule has 0 saturated carbocycles. The van der Waals surface area contributed by atoms with Gasteiger partial charge in [-0.2, -0.15) is 0 Å². The van der Waals surface area contributed by atoms with Crippen molar-refractivity contribution in [2.45, 2.75) is 173 Å². The summed E-state index contributed by atoms with van der Waals surface area (Å²) in [6, 6.07) is -0.793. The highest BCUT2D eigenvalue weighted by Crippen LogP contribution is 2.37. The van der Waals surface area contributed by atoms with Crippen LogP contribution in [0.3, 0.4) is 0 Å². The number of esters is 3. The number of aliphatic hydroxyl groups excluding tert-OH is 1. The number of allylic oxidation sites excluding steroid dienone is 3. The van der Waals surface area contributed by atoms with Crippen LogP contribution >= 0.6 is 0 Å².